The molecule has 1 aromatic heterocycles. The van der Waals surface area contributed by atoms with Crippen molar-refractivity contribution in [2.45, 2.75) is 6.54 Å². The molecule has 0 unspecified atom stereocenters. The first-order valence-corrected chi connectivity index (χ1v) is 7.81. The van der Waals surface area contributed by atoms with Gasteiger partial charge in [-0.3, -0.25) is 0 Å². The molecule has 0 spiro atoms. The zero-order valence-electron chi connectivity index (χ0n) is 11.6. The van der Waals surface area contributed by atoms with Crippen LogP contribution in [0.1, 0.15) is 5.56 Å². The molecule has 4 nitrogen and oxygen atoms in total. The maximum Gasteiger partial charge on any atom is 0.225 e. The van der Waals surface area contributed by atoms with Gasteiger partial charge in [0.15, 0.2) is 0 Å². The van der Waals surface area contributed by atoms with E-state index in [1.165, 1.54) is 11.0 Å². The molecule has 110 valence electrons. The Balaban J connectivity index is 1.59. The third-order valence-corrected chi connectivity index (χ3v) is 4.25. The Morgan fingerprint density at radius 1 is 1.19 bits per heavy atom. The number of aromatic nitrogens is 2. The summed E-state index contributed by atoms with van der Waals surface area (Å²) in [6.07, 6.45) is 3.53. The van der Waals surface area contributed by atoms with E-state index in [-0.39, 0.29) is 5.82 Å². The van der Waals surface area contributed by atoms with Crippen LogP contribution in [-0.4, -0.2) is 36.1 Å². The highest BCUT2D eigenvalue weighted by Gasteiger charge is 2.22. The van der Waals surface area contributed by atoms with Crippen molar-refractivity contribution in [2.75, 3.05) is 31.1 Å². The van der Waals surface area contributed by atoms with Crippen molar-refractivity contribution in [3.05, 3.63) is 52.5 Å². The molecule has 1 saturated heterocycles. The molecule has 1 fully saturated rings. The number of benzene rings is 1. The molecule has 2 aromatic rings. The van der Waals surface area contributed by atoms with E-state index in [1.54, 1.807) is 12.4 Å². The van der Waals surface area contributed by atoms with Gasteiger partial charge in [-0.25, -0.2) is 14.4 Å². The first-order chi connectivity index (χ1) is 10.2. The van der Waals surface area contributed by atoms with Gasteiger partial charge in [-0.1, -0.05) is 15.9 Å². The lowest BCUT2D eigenvalue weighted by atomic mass is 10.2. The van der Waals surface area contributed by atoms with E-state index in [9.17, 15) is 4.39 Å². The lowest BCUT2D eigenvalue weighted by Crippen LogP contribution is -3.13. The van der Waals surface area contributed by atoms with Gasteiger partial charge in [-0.2, -0.15) is 0 Å². The Kier molecular flexibility index (Phi) is 4.45. The Bertz CT molecular complexity index is 600. The molecule has 3 rings (SSSR count). The number of hydrogen-bond donors (Lipinski definition) is 1. The predicted octanol–water partition coefficient (Wildman–Crippen LogP) is 1.28. The van der Waals surface area contributed by atoms with E-state index in [2.05, 4.69) is 30.8 Å². The van der Waals surface area contributed by atoms with Crippen LogP contribution in [0.5, 0.6) is 0 Å². The van der Waals surface area contributed by atoms with Gasteiger partial charge in [0, 0.05) is 22.4 Å². The van der Waals surface area contributed by atoms with Crippen LogP contribution >= 0.6 is 15.9 Å². The zero-order valence-corrected chi connectivity index (χ0v) is 13.2. The van der Waals surface area contributed by atoms with Crippen molar-refractivity contribution in [2.24, 2.45) is 0 Å². The summed E-state index contributed by atoms with van der Waals surface area (Å²) >= 11 is 3.29. The van der Waals surface area contributed by atoms with Crippen molar-refractivity contribution in [3.8, 4) is 0 Å². The van der Waals surface area contributed by atoms with Crippen molar-refractivity contribution in [1.29, 1.82) is 0 Å². The summed E-state index contributed by atoms with van der Waals surface area (Å²) in [4.78, 5) is 12.1. The second-order valence-corrected chi connectivity index (χ2v) is 6.11. The molecular weight excluding hydrogens is 335 g/mol. The molecule has 2 heterocycles. The number of nitrogens with one attached hydrogen (secondary N) is 1. The Morgan fingerprint density at radius 3 is 2.57 bits per heavy atom. The van der Waals surface area contributed by atoms with Crippen LogP contribution in [-0.2, 0) is 6.54 Å². The van der Waals surface area contributed by atoms with E-state index < -0.39 is 0 Å². The number of halogens is 2. The molecule has 1 aliphatic rings. The van der Waals surface area contributed by atoms with Gasteiger partial charge in [-0.05, 0) is 24.3 Å². The molecule has 6 heteroatoms. The molecule has 1 N–H and O–H groups in total. The normalized spacial score (nSPS) is 16.2. The summed E-state index contributed by atoms with van der Waals surface area (Å²) in [7, 11) is 0. The second kappa shape index (κ2) is 6.49. The van der Waals surface area contributed by atoms with Crippen molar-refractivity contribution in [3.63, 3.8) is 0 Å². The summed E-state index contributed by atoms with van der Waals surface area (Å²) in [5.41, 5.74) is 0.776. The van der Waals surface area contributed by atoms with E-state index in [4.69, 9.17) is 0 Å². The fourth-order valence-electron chi connectivity index (χ4n) is 2.59. The van der Waals surface area contributed by atoms with Gasteiger partial charge in [0.2, 0.25) is 5.95 Å². The molecule has 0 aliphatic carbocycles. The van der Waals surface area contributed by atoms with Gasteiger partial charge in [-0.15, -0.1) is 0 Å². The molecule has 0 atom stereocenters. The third kappa shape index (κ3) is 3.57. The van der Waals surface area contributed by atoms with Crippen LogP contribution in [0.25, 0.3) is 0 Å². The number of rotatable bonds is 3. The zero-order chi connectivity index (χ0) is 14.7. The number of quaternary nitrogens is 1. The fourth-order valence-corrected chi connectivity index (χ4v) is 2.92. The lowest BCUT2D eigenvalue weighted by Gasteiger charge is -2.32. The van der Waals surface area contributed by atoms with Crippen LogP contribution in [0.4, 0.5) is 10.3 Å². The number of piperazine rings is 1. The maximum absolute atomic E-state index is 13.9. The minimum absolute atomic E-state index is 0.134. The lowest BCUT2D eigenvalue weighted by molar-refractivity contribution is -0.914. The Hall–Kier alpha value is -1.53. The average molecular weight is 352 g/mol. The van der Waals surface area contributed by atoms with Gasteiger partial charge < -0.3 is 9.80 Å². The average Bonchev–Trinajstić information content (AvgIpc) is 2.52. The van der Waals surface area contributed by atoms with Crippen molar-refractivity contribution in [1.82, 2.24) is 9.97 Å². The monoisotopic (exact) mass is 351 g/mol. The summed E-state index contributed by atoms with van der Waals surface area (Å²) in [6.45, 7) is 4.46. The number of hydrogen-bond acceptors (Lipinski definition) is 3. The maximum atomic E-state index is 13.9. The third-order valence-electron chi connectivity index (χ3n) is 3.76. The second-order valence-electron chi connectivity index (χ2n) is 5.20. The molecule has 21 heavy (non-hydrogen) atoms. The van der Waals surface area contributed by atoms with Gasteiger partial charge >= 0.3 is 0 Å². The molecule has 0 saturated carbocycles. The highest BCUT2D eigenvalue weighted by atomic mass is 79.9. The molecule has 0 radical (unpaired) electrons. The Morgan fingerprint density at radius 2 is 1.90 bits per heavy atom. The van der Waals surface area contributed by atoms with E-state index in [1.807, 2.05) is 18.2 Å². The van der Waals surface area contributed by atoms with Crippen LogP contribution in [0, 0.1) is 5.82 Å². The van der Waals surface area contributed by atoms with Crippen molar-refractivity contribution >= 4 is 21.9 Å². The fraction of sp³-hybridized carbons (Fsp3) is 0.333. The molecule has 0 amide bonds. The van der Waals surface area contributed by atoms with E-state index in [0.29, 0.717) is 0 Å². The minimum Gasteiger partial charge on any atom is -0.330 e. The highest BCUT2D eigenvalue weighted by Crippen LogP contribution is 2.14. The molecule has 1 aromatic carbocycles. The van der Waals surface area contributed by atoms with Gasteiger partial charge in [0.25, 0.3) is 0 Å². The predicted molar refractivity (Wildman–Crippen MR) is 82.7 cm³/mol. The van der Waals surface area contributed by atoms with Crippen LogP contribution < -0.4 is 9.80 Å². The van der Waals surface area contributed by atoms with Gasteiger partial charge in [0.1, 0.15) is 12.4 Å². The van der Waals surface area contributed by atoms with Gasteiger partial charge in [0.05, 0.1) is 26.2 Å². The summed E-state index contributed by atoms with van der Waals surface area (Å²) in [6, 6.07) is 7.11. The standard InChI is InChI=1S/C15H16BrFN4/c16-13-3-2-12(14(17)10-13)11-20-6-8-21(9-7-20)15-18-4-1-5-19-15/h1-5,10H,6-9,11H2/p+1. The summed E-state index contributed by atoms with van der Waals surface area (Å²) in [5, 5.41) is 0. The van der Waals surface area contributed by atoms with Crippen molar-refractivity contribution < 1.29 is 9.29 Å². The topological polar surface area (TPSA) is 33.5 Å². The first-order valence-electron chi connectivity index (χ1n) is 7.02. The van der Waals surface area contributed by atoms with Crippen LogP contribution in [0.3, 0.4) is 0 Å². The van der Waals surface area contributed by atoms with E-state index >= 15 is 0 Å². The molecular formula is C15H17BrFN4+. The van der Waals surface area contributed by atoms with Crippen LogP contribution in [0.15, 0.2) is 41.1 Å². The Labute approximate surface area is 131 Å². The van der Waals surface area contributed by atoms with E-state index in [0.717, 1.165) is 48.7 Å². The largest absolute Gasteiger partial charge is 0.330 e. The molecule has 1 aliphatic heterocycles. The SMILES string of the molecule is Fc1cc(Br)ccc1C[NH+]1CCN(c2ncccn2)CC1. The first kappa shape index (κ1) is 14.4. The van der Waals surface area contributed by atoms with Crippen LogP contribution in [0.2, 0.25) is 0 Å². The number of nitrogens with zero attached hydrogens (tertiary/aromatic N) is 3. The minimum atomic E-state index is -0.134. The summed E-state index contributed by atoms with van der Waals surface area (Å²) in [5.74, 6) is 0.650. The number of anilines is 1. The highest BCUT2D eigenvalue weighted by molar-refractivity contribution is 9.10. The summed E-state index contributed by atoms with van der Waals surface area (Å²) < 4.78 is 14.7. The molecule has 0 bridgehead atoms. The smallest absolute Gasteiger partial charge is 0.225 e. The quantitative estimate of drug-likeness (QED) is 0.904.